The second-order valence-corrected chi connectivity index (χ2v) is 4.78. The molecule has 0 atom stereocenters. The summed E-state index contributed by atoms with van der Waals surface area (Å²) in [7, 11) is 0. The third-order valence-electron chi connectivity index (χ3n) is 3.08. The zero-order chi connectivity index (χ0) is 15.6. The zero-order valence-corrected chi connectivity index (χ0v) is 12.8. The minimum atomic E-state index is -0.402. The summed E-state index contributed by atoms with van der Waals surface area (Å²) >= 11 is 0. The van der Waals surface area contributed by atoms with Crippen LogP contribution < -0.4 is 9.47 Å². The first kappa shape index (κ1) is 16.6. The molecule has 6 nitrogen and oxygen atoms in total. The van der Waals surface area contributed by atoms with Crippen LogP contribution in [0.1, 0.15) is 30.1 Å². The quantitative estimate of drug-likeness (QED) is 0.488. The Kier molecular flexibility index (Phi) is 6.99. The Labute approximate surface area is 130 Å². The van der Waals surface area contributed by atoms with E-state index in [0.717, 1.165) is 19.4 Å². The fourth-order valence-corrected chi connectivity index (χ4v) is 1.87. The van der Waals surface area contributed by atoms with Crippen LogP contribution in [0.15, 0.2) is 18.2 Å². The highest BCUT2D eigenvalue weighted by atomic mass is 16.7. The van der Waals surface area contributed by atoms with E-state index in [1.807, 2.05) is 0 Å². The Bertz CT molecular complexity index is 474. The molecule has 1 aliphatic rings. The summed E-state index contributed by atoms with van der Waals surface area (Å²) in [6.07, 6.45) is 2.18. The van der Waals surface area contributed by atoms with Gasteiger partial charge in [0.2, 0.25) is 6.79 Å². The molecule has 1 aromatic rings. The van der Waals surface area contributed by atoms with Gasteiger partial charge in [0.1, 0.15) is 6.61 Å². The van der Waals surface area contributed by atoms with Crippen molar-refractivity contribution in [2.45, 2.75) is 19.8 Å². The maximum Gasteiger partial charge on any atom is 0.338 e. The van der Waals surface area contributed by atoms with E-state index in [9.17, 15) is 4.79 Å². The van der Waals surface area contributed by atoms with E-state index in [-0.39, 0.29) is 13.4 Å². The van der Waals surface area contributed by atoms with Gasteiger partial charge in [-0.1, -0.05) is 13.3 Å². The number of unbranched alkanes of at least 4 members (excludes halogenated alkanes) is 1. The van der Waals surface area contributed by atoms with Gasteiger partial charge in [-0.3, -0.25) is 0 Å². The standard InChI is InChI=1S/C16H22O6/c1-2-3-6-18-7-8-19-9-10-20-16(17)13-4-5-14-15(11-13)22-12-21-14/h4-5,11H,2-3,6-10,12H2,1H3. The lowest BCUT2D eigenvalue weighted by Crippen LogP contribution is -2.13. The number of rotatable bonds is 10. The molecular formula is C16H22O6. The summed E-state index contributed by atoms with van der Waals surface area (Å²) in [5.74, 6) is 0.805. The van der Waals surface area contributed by atoms with Gasteiger partial charge in [0.15, 0.2) is 11.5 Å². The summed E-state index contributed by atoms with van der Waals surface area (Å²) in [6.45, 7) is 4.70. The van der Waals surface area contributed by atoms with Crippen LogP contribution in [0.2, 0.25) is 0 Å². The molecule has 2 rings (SSSR count). The average Bonchev–Trinajstić information content (AvgIpc) is 3.00. The van der Waals surface area contributed by atoms with Crippen molar-refractivity contribution in [3.63, 3.8) is 0 Å². The summed E-state index contributed by atoms with van der Waals surface area (Å²) in [6, 6.07) is 4.97. The highest BCUT2D eigenvalue weighted by Gasteiger charge is 2.16. The number of hydrogen-bond donors (Lipinski definition) is 0. The van der Waals surface area contributed by atoms with Gasteiger partial charge < -0.3 is 23.7 Å². The van der Waals surface area contributed by atoms with Crippen molar-refractivity contribution in [1.82, 2.24) is 0 Å². The second-order valence-electron chi connectivity index (χ2n) is 4.78. The van der Waals surface area contributed by atoms with E-state index >= 15 is 0 Å². The predicted molar refractivity (Wildman–Crippen MR) is 79.4 cm³/mol. The molecule has 0 fully saturated rings. The summed E-state index contributed by atoms with van der Waals surface area (Å²) in [5.41, 5.74) is 0.437. The normalized spacial score (nSPS) is 12.4. The number of carbonyl (C=O) groups is 1. The van der Waals surface area contributed by atoms with Crippen molar-refractivity contribution >= 4 is 5.97 Å². The SMILES string of the molecule is CCCCOCCOCCOC(=O)c1ccc2c(c1)OCO2. The molecule has 122 valence electrons. The third kappa shape index (κ3) is 5.20. The van der Waals surface area contributed by atoms with Crippen molar-refractivity contribution in [2.75, 3.05) is 39.8 Å². The molecule has 22 heavy (non-hydrogen) atoms. The molecule has 0 amide bonds. The lowest BCUT2D eigenvalue weighted by Gasteiger charge is -2.07. The third-order valence-corrected chi connectivity index (χ3v) is 3.08. The van der Waals surface area contributed by atoms with E-state index in [1.165, 1.54) is 0 Å². The fourth-order valence-electron chi connectivity index (χ4n) is 1.87. The van der Waals surface area contributed by atoms with Gasteiger partial charge >= 0.3 is 5.97 Å². The van der Waals surface area contributed by atoms with Crippen molar-refractivity contribution in [2.24, 2.45) is 0 Å². The molecule has 1 heterocycles. The van der Waals surface area contributed by atoms with Crippen LogP contribution in [0.4, 0.5) is 0 Å². The van der Waals surface area contributed by atoms with Crippen molar-refractivity contribution in [3.05, 3.63) is 23.8 Å². The van der Waals surface area contributed by atoms with Crippen LogP contribution in [0.5, 0.6) is 11.5 Å². The highest BCUT2D eigenvalue weighted by Crippen LogP contribution is 2.32. The van der Waals surface area contributed by atoms with Gasteiger partial charge in [-0.05, 0) is 24.6 Å². The number of carbonyl (C=O) groups excluding carboxylic acids is 1. The maximum absolute atomic E-state index is 11.9. The minimum Gasteiger partial charge on any atom is -0.460 e. The van der Waals surface area contributed by atoms with Gasteiger partial charge in [0, 0.05) is 6.61 Å². The van der Waals surface area contributed by atoms with Crippen LogP contribution in [0.25, 0.3) is 0 Å². The van der Waals surface area contributed by atoms with Crippen molar-refractivity contribution in [1.29, 1.82) is 0 Å². The Morgan fingerprint density at radius 1 is 1.05 bits per heavy atom. The van der Waals surface area contributed by atoms with E-state index in [0.29, 0.717) is 36.9 Å². The molecule has 0 radical (unpaired) electrons. The Balaban J connectivity index is 1.56. The number of benzene rings is 1. The highest BCUT2D eigenvalue weighted by molar-refractivity contribution is 5.90. The molecule has 6 heteroatoms. The zero-order valence-electron chi connectivity index (χ0n) is 12.8. The number of esters is 1. The van der Waals surface area contributed by atoms with Gasteiger partial charge in [-0.2, -0.15) is 0 Å². The molecule has 1 aromatic carbocycles. The van der Waals surface area contributed by atoms with Gasteiger partial charge in [0.05, 0.1) is 25.4 Å². The van der Waals surface area contributed by atoms with E-state index in [1.54, 1.807) is 18.2 Å². The summed E-state index contributed by atoms with van der Waals surface area (Å²) in [4.78, 5) is 11.9. The second kappa shape index (κ2) is 9.27. The molecule has 0 aromatic heterocycles. The van der Waals surface area contributed by atoms with Crippen LogP contribution in [0.3, 0.4) is 0 Å². The fraction of sp³-hybridized carbons (Fsp3) is 0.562. The average molecular weight is 310 g/mol. The molecule has 0 aliphatic carbocycles. The van der Waals surface area contributed by atoms with Crippen molar-refractivity contribution in [3.8, 4) is 11.5 Å². The van der Waals surface area contributed by atoms with E-state index in [4.69, 9.17) is 23.7 Å². The van der Waals surface area contributed by atoms with Gasteiger partial charge in [-0.25, -0.2) is 4.79 Å². The molecule has 0 saturated carbocycles. The molecule has 1 aliphatic heterocycles. The molecule has 0 saturated heterocycles. The number of fused-ring (bicyclic) bond motifs is 1. The molecular weight excluding hydrogens is 288 g/mol. The molecule has 0 N–H and O–H groups in total. The van der Waals surface area contributed by atoms with Crippen LogP contribution >= 0.6 is 0 Å². The van der Waals surface area contributed by atoms with Crippen LogP contribution in [-0.2, 0) is 14.2 Å². The van der Waals surface area contributed by atoms with E-state index in [2.05, 4.69) is 6.92 Å². The number of hydrogen-bond acceptors (Lipinski definition) is 6. The van der Waals surface area contributed by atoms with Gasteiger partial charge in [-0.15, -0.1) is 0 Å². The molecule has 0 bridgehead atoms. The lowest BCUT2D eigenvalue weighted by molar-refractivity contribution is 0.0143. The summed E-state index contributed by atoms with van der Waals surface area (Å²) < 4.78 is 26.2. The summed E-state index contributed by atoms with van der Waals surface area (Å²) in [5, 5.41) is 0. The molecule has 0 spiro atoms. The van der Waals surface area contributed by atoms with Crippen LogP contribution in [0, 0.1) is 0 Å². The Morgan fingerprint density at radius 2 is 1.77 bits per heavy atom. The first-order chi connectivity index (χ1) is 10.8. The Morgan fingerprint density at radius 3 is 2.59 bits per heavy atom. The maximum atomic E-state index is 11.9. The smallest absolute Gasteiger partial charge is 0.338 e. The Hall–Kier alpha value is -1.79. The van der Waals surface area contributed by atoms with Crippen LogP contribution in [-0.4, -0.2) is 45.8 Å². The van der Waals surface area contributed by atoms with E-state index < -0.39 is 5.97 Å². The van der Waals surface area contributed by atoms with Crippen molar-refractivity contribution < 1.29 is 28.5 Å². The number of ether oxygens (including phenoxy) is 5. The first-order valence-corrected chi connectivity index (χ1v) is 7.53. The predicted octanol–water partition coefficient (Wildman–Crippen LogP) is 2.41. The largest absolute Gasteiger partial charge is 0.460 e. The first-order valence-electron chi connectivity index (χ1n) is 7.53. The minimum absolute atomic E-state index is 0.183. The topological polar surface area (TPSA) is 63.2 Å². The van der Waals surface area contributed by atoms with Gasteiger partial charge in [0.25, 0.3) is 0 Å². The lowest BCUT2D eigenvalue weighted by atomic mass is 10.2. The monoisotopic (exact) mass is 310 g/mol. The molecule has 0 unspecified atom stereocenters.